The molecule has 1 unspecified atom stereocenters. The number of rotatable bonds is 5. The normalized spacial score (nSPS) is 20.9. The zero-order chi connectivity index (χ0) is 11.7. The van der Waals surface area contributed by atoms with Crippen molar-refractivity contribution in [1.29, 1.82) is 0 Å². The molecule has 1 amide bonds. The predicted molar refractivity (Wildman–Crippen MR) is 65.9 cm³/mol. The highest BCUT2D eigenvalue weighted by molar-refractivity contribution is 7.99. The first-order valence-corrected chi connectivity index (χ1v) is 6.64. The van der Waals surface area contributed by atoms with Gasteiger partial charge in [0, 0.05) is 11.3 Å². The lowest BCUT2D eigenvalue weighted by Gasteiger charge is -2.27. The third-order valence-corrected chi connectivity index (χ3v) is 4.39. The van der Waals surface area contributed by atoms with Crippen LogP contribution < -0.4 is 11.1 Å². The molecule has 1 aliphatic carbocycles. The van der Waals surface area contributed by atoms with Gasteiger partial charge in [-0.3, -0.25) is 4.79 Å². The van der Waals surface area contributed by atoms with Crippen molar-refractivity contribution in [3.63, 3.8) is 0 Å². The smallest absolute Gasteiger partial charge is 0.240 e. The van der Waals surface area contributed by atoms with Crippen LogP contribution in [0.5, 0.6) is 0 Å². The van der Waals surface area contributed by atoms with E-state index in [0.29, 0.717) is 12.5 Å². The largest absolute Gasteiger partial charge is 0.353 e. The van der Waals surface area contributed by atoms with E-state index >= 15 is 0 Å². The fourth-order valence-electron chi connectivity index (χ4n) is 1.42. The molecular weight excluding hydrogens is 208 g/mol. The van der Waals surface area contributed by atoms with Gasteiger partial charge in [-0.2, -0.15) is 11.8 Å². The standard InChI is InChI=1S/C11H22N2OS/c1-10(2,15-4)7-13-9(14)11(3,12)8-5-6-8/h8H,5-7,12H2,1-4H3,(H,13,14). The van der Waals surface area contributed by atoms with Crippen molar-refractivity contribution in [2.45, 2.75) is 43.9 Å². The molecule has 1 atom stereocenters. The van der Waals surface area contributed by atoms with Crippen LogP contribution in [0.3, 0.4) is 0 Å². The first kappa shape index (κ1) is 12.8. The van der Waals surface area contributed by atoms with Crippen LogP contribution in [0.4, 0.5) is 0 Å². The molecule has 0 heterocycles. The van der Waals surface area contributed by atoms with Gasteiger partial charge in [-0.1, -0.05) is 0 Å². The maximum atomic E-state index is 11.9. The summed E-state index contributed by atoms with van der Waals surface area (Å²) in [4.78, 5) is 11.9. The zero-order valence-corrected chi connectivity index (χ0v) is 10.9. The van der Waals surface area contributed by atoms with Crippen molar-refractivity contribution in [1.82, 2.24) is 5.32 Å². The second kappa shape index (κ2) is 4.34. The molecule has 1 rings (SSSR count). The predicted octanol–water partition coefficient (Wildman–Crippen LogP) is 1.37. The fraction of sp³-hybridized carbons (Fsp3) is 0.909. The molecule has 0 radical (unpaired) electrons. The summed E-state index contributed by atoms with van der Waals surface area (Å²) in [6.07, 6.45) is 4.23. The summed E-state index contributed by atoms with van der Waals surface area (Å²) in [6, 6.07) is 0. The Morgan fingerprint density at radius 1 is 1.47 bits per heavy atom. The summed E-state index contributed by atoms with van der Waals surface area (Å²) in [7, 11) is 0. The Labute approximate surface area is 96.6 Å². The number of hydrogen-bond donors (Lipinski definition) is 2. The van der Waals surface area contributed by atoms with E-state index in [2.05, 4.69) is 25.4 Å². The van der Waals surface area contributed by atoms with Crippen molar-refractivity contribution in [2.24, 2.45) is 11.7 Å². The van der Waals surface area contributed by atoms with Crippen molar-refractivity contribution in [2.75, 3.05) is 12.8 Å². The Morgan fingerprint density at radius 2 is 2.00 bits per heavy atom. The van der Waals surface area contributed by atoms with E-state index in [1.54, 1.807) is 11.8 Å². The van der Waals surface area contributed by atoms with Crippen LogP contribution >= 0.6 is 11.8 Å². The Balaban J connectivity index is 2.42. The van der Waals surface area contributed by atoms with Crippen LogP contribution in [-0.4, -0.2) is 29.0 Å². The summed E-state index contributed by atoms with van der Waals surface area (Å²) in [5.41, 5.74) is 5.35. The van der Waals surface area contributed by atoms with Crippen LogP contribution in [0.1, 0.15) is 33.6 Å². The Kier molecular flexibility index (Phi) is 3.71. The lowest BCUT2D eigenvalue weighted by Crippen LogP contribution is -2.55. The number of nitrogens with one attached hydrogen (secondary N) is 1. The third kappa shape index (κ3) is 3.38. The maximum Gasteiger partial charge on any atom is 0.240 e. The minimum Gasteiger partial charge on any atom is -0.353 e. The highest BCUT2D eigenvalue weighted by Crippen LogP contribution is 2.38. The van der Waals surface area contributed by atoms with Crippen LogP contribution in [0.2, 0.25) is 0 Å². The highest BCUT2D eigenvalue weighted by Gasteiger charge is 2.44. The second-order valence-electron chi connectivity index (χ2n) is 5.20. The first-order chi connectivity index (χ1) is 6.79. The molecule has 3 N–H and O–H groups in total. The molecule has 0 bridgehead atoms. The molecule has 88 valence electrons. The van der Waals surface area contributed by atoms with Crippen molar-refractivity contribution in [3.8, 4) is 0 Å². The Hall–Kier alpha value is -0.220. The molecule has 3 nitrogen and oxygen atoms in total. The minimum absolute atomic E-state index is 0.00729. The third-order valence-electron chi connectivity index (χ3n) is 3.14. The van der Waals surface area contributed by atoms with E-state index in [1.807, 2.05) is 6.92 Å². The topological polar surface area (TPSA) is 55.1 Å². The number of nitrogens with two attached hydrogens (primary N) is 1. The lowest BCUT2D eigenvalue weighted by molar-refractivity contribution is -0.126. The van der Waals surface area contributed by atoms with E-state index in [-0.39, 0.29) is 10.7 Å². The highest BCUT2D eigenvalue weighted by atomic mass is 32.2. The molecule has 4 heteroatoms. The van der Waals surface area contributed by atoms with Gasteiger partial charge >= 0.3 is 0 Å². The van der Waals surface area contributed by atoms with Gasteiger partial charge in [0.25, 0.3) is 0 Å². The monoisotopic (exact) mass is 230 g/mol. The molecule has 15 heavy (non-hydrogen) atoms. The average Bonchev–Trinajstić information content (AvgIpc) is 2.97. The van der Waals surface area contributed by atoms with Gasteiger partial charge < -0.3 is 11.1 Å². The summed E-state index contributed by atoms with van der Waals surface area (Å²) in [5.74, 6) is 0.377. The molecule has 0 aromatic heterocycles. The van der Waals surface area contributed by atoms with Gasteiger partial charge in [-0.25, -0.2) is 0 Å². The number of amides is 1. The molecule has 0 aromatic carbocycles. The molecule has 0 aliphatic heterocycles. The fourth-order valence-corrected chi connectivity index (χ4v) is 1.64. The number of carbonyl (C=O) groups excluding carboxylic acids is 1. The number of carbonyl (C=O) groups is 1. The van der Waals surface area contributed by atoms with Crippen molar-refractivity contribution >= 4 is 17.7 Å². The SMILES string of the molecule is CSC(C)(C)CNC(=O)C(C)(N)C1CC1. The molecule has 0 saturated heterocycles. The molecule has 1 aliphatic rings. The van der Waals surface area contributed by atoms with E-state index in [1.165, 1.54) is 0 Å². The van der Waals surface area contributed by atoms with E-state index in [4.69, 9.17) is 5.73 Å². The summed E-state index contributed by atoms with van der Waals surface area (Å²) < 4.78 is 0.0787. The molecule has 0 spiro atoms. The number of hydrogen-bond acceptors (Lipinski definition) is 3. The van der Waals surface area contributed by atoms with Crippen LogP contribution in [-0.2, 0) is 4.79 Å². The average molecular weight is 230 g/mol. The van der Waals surface area contributed by atoms with Gasteiger partial charge in [0.2, 0.25) is 5.91 Å². The van der Waals surface area contributed by atoms with E-state index in [0.717, 1.165) is 12.8 Å². The minimum atomic E-state index is -0.672. The zero-order valence-electron chi connectivity index (χ0n) is 10.1. The lowest BCUT2D eigenvalue weighted by atomic mass is 9.96. The van der Waals surface area contributed by atoms with Crippen molar-refractivity contribution in [3.05, 3.63) is 0 Å². The van der Waals surface area contributed by atoms with Gasteiger partial charge in [-0.05, 0) is 45.8 Å². The van der Waals surface area contributed by atoms with Crippen molar-refractivity contribution < 1.29 is 4.79 Å². The summed E-state index contributed by atoms with van der Waals surface area (Å²) in [6.45, 7) is 6.74. The maximum absolute atomic E-state index is 11.9. The quantitative estimate of drug-likeness (QED) is 0.750. The van der Waals surface area contributed by atoms with E-state index in [9.17, 15) is 4.79 Å². The molecular formula is C11H22N2OS. The summed E-state index contributed by atoms with van der Waals surface area (Å²) >= 11 is 1.75. The summed E-state index contributed by atoms with van der Waals surface area (Å²) in [5, 5.41) is 2.95. The van der Waals surface area contributed by atoms with Crippen LogP contribution in [0.15, 0.2) is 0 Å². The number of thioether (sulfide) groups is 1. The first-order valence-electron chi connectivity index (χ1n) is 5.42. The second-order valence-corrected chi connectivity index (χ2v) is 6.72. The van der Waals surface area contributed by atoms with Crippen LogP contribution in [0.25, 0.3) is 0 Å². The van der Waals surface area contributed by atoms with E-state index < -0.39 is 5.54 Å². The van der Waals surface area contributed by atoms with Gasteiger partial charge in [0.05, 0.1) is 5.54 Å². The van der Waals surface area contributed by atoms with Gasteiger partial charge in [0.1, 0.15) is 0 Å². The molecule has 0 aromatic rings. The molecule has 1 saturated carbocycles. The van der Waals surface area contributed by atoms with Gasteiger partial charge in [-0.15, -0.1) is 0 Å². The van der Waals surface area contributed by atoms with Gasteiger partial charge in [0.15, 0.2) is 0 Å². The Bertz CT molecular complexity index is 247. The van der Waals surface area contributed by atoms with Crippen LogP contribution in [0, 0.1) is 5.92 Å². The molecule has 1 fully saturated rings. The Morgan fingerprint density at radius 3 is 2.40 bits per heavy atom.